The Morgan fingerprint density at radius 1 is 1.12 bits per heavy atom. The molecule has 0 spiro atoms. The van der Waals surface area contributed by atoms with Gasteiger partial charge in [-0.1, -0.05) is 44.2 Å². The molecule has 1 aliphatic rings. The zero-order valence-electron chi connectivity index (χ0n) is 14.4. The van der Waals surface area contributed by atoms with Crippen LogP contribution >= 0.6 is 0 Å². The number of piperazine rings is 1. The van der Waals surface area contributed by atoms with Gasteiger partial charge in [0.25, 0.3) is 0 Å². The molecule has 1 aliphatic heterocycles. The summed E-state index contributed by atoms with van der Waals surface area (Å²) in [6.45, 7) is 7.16. The van der Waals surface area contributed by atoms with Gasteiger partial charge in [-0.2, -0.15) is 4.31 Å². The molecule has 1 amide bonds. The van der Waals surface area contributed by atoms with Crippen molar-refractivity contribution in [1.29, 1.82) is 0 Å². The third-order valence-electron chi connectivity index (χ3n) is 3.99. The van der Waals surface area contributed by atoms with Gasteiger partial charge in [-0.25, -0.2) is 8.42 Å². The van der Waals surface area contributed by atoms with Crippen LogP contribution < -0.4 is 5.32 Å². The van der Waals surface area contributed by atoms with Crippen LogP contribution in [0.1, 0.15) is 19.4 Å². The van der Waals surface area contributed by atoms with Crippen molar-refractivity contribution < 1.29 is 13.2 Å². The number of nitrogens with one attached hydrogen (secondary N) is 1. The molecular formula is C17H27N3O3S. The molecule has 1 N–H and O–H groups in total. The standard InChI is InChI=1S/C17H27N3O3S/c1-15(2)12-18-17(21)13-19-8-10-20(11-9-19)24(22,23)14-16-6-4-3-5-7-16/h3-7,15H,8-14H2,1-2H3,(H,18,21). The normalized spacial score (nSPS) is 17.1. The first-order valence-electron chi connectivity index (χ1n) is 8.37. The van der Waals surface area contributed by atoms with Crippen LogP contribution in [0.4, 0.5) is 0 Å². The molecule has 0 bridgehead atoms. The highest BCUT2D eigenvalue weighted by Gasteiger charge is 2.27. The molecule has 6 nitrogen and oxygen atoms in total. The fourth-order valence-electron chi connectivity index (χ4n) is 2.62. The van der Waals surface area contributed by atoms with Crippen molar-refractivity contribution in [3.8, 4) is 0 Å². The average Bonchev–Trinajstić information content (AvgIpc) is 2.54. The van der Waals surface area contributed by atoms with Crippen molar-refractivity contribution in [3.05, 3.63) is 35.9 Å². The molecule has 1 aromatic rings. The minimum Gasteiger partial charge on any atom is -0.355 e. The van der Waals surface area contributed by atoms with Gasteiger partial charge in [0, 0.05) is 32.7 Å². The lowest BCUT2D eigenvalue weighted by atomic mass is 10.2. The van der Waals surface area contributed by atoms with Crippen LogP contribution in [0.15, 0.2) is 30.3 Å². The first-order chi connectivity index (χ1) is 11.4. The maximum atomic E-state index is 12.5. The number of hydrogen-bond donors (Lipinski definition) is 1. The summed E-state index contributed by atoms with van der Waals surface area (Å²) in [4.78, 5) is 13.9. The molecule has 0 aromatic heterocycles. The topological polar surface area (TPSA) is 69.7 Å². The second-order valence-electron chi connectivity index (χ2n) is 6.61. The lowest BCUT2D eigenvalue weighted by Gasteiger charge is -2.33. The molecule has 7 heteroatoms. The van der Waals surface area contributed by atoms with E-state index in [-0.39, 0.29) is 11.7 Å². The van der Waals surface area contributed by atoms with Crippen molar-refractivity contribution in [2.24, 2.45) is 5.92 Å². The third kappa shape index (κ3) is 5.89. The van der Waals surface area contributed by atoms with E-state index in [0.29, 0.717) is 45.2 Å². The molecule has 1 fully saturated rings. The summed E-state index contributed by atoms with van der Waals surface area (Å²) in [5, 5.41) is 2.89. The summed E-state index contributed by atoms with van der Waals surface area (Å²) in [5.41, 5.74) is 0.799. The van der Waals surface area contributed by atoms with Gasteiger partial charge < -0.3 is 5.32 Å². The smallest absolute Gasteiger partial charge is 0.234 e. The highest BCUT2D eigenvalue weighted by atomic mass is 32.2. The number of hydrogen-bond acceptors (Lipinski definition) is 4. The molecule has 1 aromatic carbocycles. The summed E-state index contributed by atoms with van der Waals surface area (Å²) in [6.07, 6.45) is 0. The Hall–Kier alpha value is -1.44. The summed E-state index contributed by atoms with van der Waals surface area (Å²) in [7, 11) is -3.30. The Morgan fingerprint density at radius 2 is 1.75 bits per heavy atom. The van der Waals surface area contributed by atoms with E-state index in [0.717, 1.165) is 5.56 Å². The van der Waals surface area contributed by atoms with Gasteiger partial charge in [-0.15, -0.1) is 0 Å². The summed E-state index contributed by atoms with van der Waals surface area (Å²) in [5.74, 6) is 0.459. The third-order valence-corrected chi connectivity index (χ3v) is 5.84. The quantitative estimate of drug-likeness (QED) is 0.791. The zero-order chi connectivity index (χ0) is 17.6. The van der Waals surface area contributed by atoms with Crippen LogP contribution in [0.3, 0.4) is 0 Å². The van der Waals surface area contributed by atoms with Crippen LogP contribution in [0.25, 0.3) is 0 Å². The number of benzene rings is 1. The minimum absolute atomic E-state index is 0.00397. The van der Waals surface area contributed by atoms with Gasteiger partial charge >= 0.3 is 0 Å². The Kier molecular flexibility index (Phi) is 6.77. The van der Waals surface area contributed by atoms with Crippen molar-refractivity contribution >= 4 is 15.9 Å². The van der Waals surface area contributed by atoms with E-state index >= 15 is 0 Å². The molecule has 1 heterocycles. The lowest BCUT2D eigenvalue weighted by Crippen LogP contribution is -2.51. The van der Waals surface area contributed by atoms with E-state index in [1.165, 1.54) is 4.31 Å². The Morgan fingerprint density at radius 3 is 2.33 bits per heavy atom. The fraction of sp³-hybridized carbons (Fsp3) is 0.588. The molecule has 0 radical (unpaired) electrons. The Bertz CT molecular complexity index is 624. The minimum atomic E-state index is -3.30. The molecular weight excluding hydrogens is 326 g/mol. The maximum absolute atomic E-state index is 12.5. The van der Waals surface area contributed by atoms with Gasteiger partial charge in [0.05, 0.1) is 12.3 Å². The van der Waals surface area contributed by atoms with E-state index in [1.54, 1.807) is 0 Å². The second kappa shape index (κ2) is 8.60. The van der Waals surface area contributed by atoms with E-state index in [1.807, 2.05) is 35.2 Å². The molecule has 1 saturated heterocycles. The highest BCUT2D eigenvalue weighted by molar-refractivity contribution is 7.88. The van der Waals surface area contributed by atoms with Crippen LogP contribution in [0.5, 0.6) is 0 Å². The van der Waals surface area contributed by atoms with Gasteiger partial charge in [0.2, 0.25) is 15.9 Å². The number of carbonyl (C=O) groups is 1. The highest BCUT2D eigenvalue weighted by Crippen LogP contribution is 2.13. The first-order valence-corrected chi connectivity index (χ1v) is 9.98. The van der Waals surface area contributed by atoms with Crippen molar-refractivity contribution in [2.45, 2.75) is 19.6 Å². The van der Waals surface area contributed by atoms with E-state index < -0.39 is 10.0 Å². The van der Waals surface area contributed by atoms with Crippen molar-refractivity contribution in [3.63, 3.8) is 0 Å². The van der Waals surface area contributed by atoms with Crippen LogP contribution in [-0.2, 0) is 20.6 Å². The Labute approximate surface area is 144 Å². The summed E-state index contributed by atoms with van der Waals surface area (Å²) < 4.78 is 26.5. The fourth-order valence-corrected chi connectivity index (χ4v) is 4.13. The largest absolute Gasteiger partial charge is 0.355 e. The molecule has 0 saturated carbocycles. The predicted octanol–water partition coefficient (Wildman–Crippen LogP) is 0.906. The first kappa shape index (κ1) is 18.9. The van der Waals surface area contributed by atoms with Gasteiger partial charge in [-0.3, -0.25) is 9.69 Å². The molecule has 0 atom stereocenters. The average molecular weight is 353 g/mol. The second-order valence-corrected chi connectivity index (χ2v) is 8.58. The van der Waals surface area contributed by atoms with Gasteiger partial charge in [0.15, 0.2) is 0 Å². The number of rotatable bonds is 7. The molecule has 24 heavy (non-hydrogen) atoms. The van der Waals surface area contributed by atoms with Gasteiger partial charge in [-0.05, 0) is 11.5 Å². The van der Waals surface area contributed by atoms with Crippen LogP contribution in [0.2, 0.25) is 0 Å². The molecule has 0 unspecified atom stereocenters. The number of amides is 1. The molecule has 0 aliphatic carbocycles. The van der Waals surface area contributed by atoms with Crippen molar-refractivity contribution in [1.82, 2.24) is 14.5 Å². The van der Waals surface area contributed by atoms with Crippen LogP contribution in [-0.4, -0.2) is 62.8 Å². The van der Waals surface area contributed by atoms with E-state index in [2.05, 4.69) is 19.2 Å². The summed E-state index contributed by atoms with van der Waals surface area (Å²) >= 11 is 0. The lowest BCUT2D eigenvalue weighted by molar-refractivity contribution is -0.122. The van der Waals surface area contributed by atoms with Crippen molar-refractivity contribution in [2.75, 3.05) is 39.3 Å². The SMILES string of the molecule is CC(C)CNC(=O)CN1CCN(S(=O)(=O)Cc2ccccc2)CC1. The molecule has 134 valence electrons. The van der Waals surface area contributed by atoms with Crippen LogP contribution in [0, 0.1) is 5.92 Å². The zero-order valence-corrected chi connectivity index (χ0v) is 15.3. The number of nitrogens with zero attached hydrogens (tertiary/aromatic N) is 2. The maximum Gasteiger partial charge on any atom is 0.234 e. The molecule has 2 rings (SSSR count). The Balaban J connectivity index is 1.80. The van der Waals surface area contributed by atoms with E-state index in [4.69, 9.17) is 0 Å². The number of carbonyl (C=O) groups excluding carboxylic acids is 1. The van der Waals surface area contributed by atoms with E-state index in [9.17, 15) is 13.2 Å². The summed E-state index contributed by atoms with van der Waals surface area (Å²) in [6, 6.07) is 9.22. The van der Waals surface area contributed by atoms with Gasteiger partial charge in [0.1, 0.15) is 0 Å². The monoisotopic (exact) mass is 353 g/mol. The number of sulfonamides is 1. The predicted molar refractivity (Wildman–Crippen MR) is 94.9 cm³/mol.